The van der Waals surface area contributed by atoms with Crippen LogP contribution in [0.5, 0.6) is 5.75 Å². The number of hydrogen-bond donors (Lipinski definition) is 2. The molecular weight excluding hydrogens is 586 g/mol. The summed E-state index contributed by atoms with van der Waals surface area (Å²) >= 11 is 6.23. The Morgan fingerprint density at radius 1 is 0.933 bits per heavy atom. The number of ether oxygens (including phenoxy) is 1. The van der Waals surface area contributed by atoms with Crippen LogP contribution in [0.15, 0.2) is 97.1 Å². The number of likely N-dealkylation sites (N-methyl/N-ethyl adjacent to an activating group) is 2. The van der Waals surface area contributed by atoms with Crippen LogP contribution >= 0.6 is 11.6 Å². The molecule has 230 valence electrons. The van der Waals surface area contributed by atoms with Crippen LogP contribution < -0.4 is 20.3 Å². The number of fused-ring (bicyclic) bond motifs is 1. The molecule has 0 bridgehead atoms. The molecule has 4 aromatic rings. The highest BCUT2D eigenvalue weighted by molar-refractivity contribution is 6.38. The summed E-state index contributed by atoms with van der Waals surface area (Å²) in [6.07, 6.45) is 0. The van der Waals surface area contributed by atoms with Crippen molar-refractivity contribution in [1.29, 1.82) is 0 Å². The number of anilines is 3. The highest BCUT2D eigenvalue weighted by atomic mass is 35.5. The molecule has 0 saturated carbocycles. The van der Waals surface area contributed by atoms with Crippen molar-refractivity contribution in [3.05, 3.63) is 119 Å². The van der Waals surface area contributed by atoms with Crippen molar-refractivity contribution in [1.82, 2.24) is 9.80 Å². The number of hydrogen-bond acceptors (Lipinski definition) is 6. The number of amides is 2. The lowest BCUT2D eigenvalue weighted by Crippen LogP contribution is -2.48. The van der Waals surface area contributed by atoms with Crippen LogP contribution in [0, 0.1) is 0 Å². The van der Waals surface area contributed by atoms with Crippen LogP contribution in [0.3, 0.4) is 0 Å². The summed E-state index contributed by atoms with van der Waals surface area (Å²) in [5, 5.41) is 6.99. The van der Waals surface area contributed by atoms with Crippen LogP contribution in [0.4, 0.5) is 17.1 Å². The van der Waals surface area contributed by atoms with Gasteiger partial charge in [0.2, 0.25) is 5.91 Å². The largest absolute Gasteiger partial charge is 0.489 e. The average Bonchev–Trinajstić information content (AvgIpc) is 3.38. The smallest absolute Gasteiger partial charge is 0.258 e. The van der Waals surface area contributed by atoms with Gasteiger partial charge in [0.1, 0.15) is 12.4 Å². The molecule has 2 heterocycles. The second kappa shape index (κ2) is 13.6. The molecule has 1 saturated heterocycles. The zero-order valence-corrected chi connectivity index (χ0v) is 26.2. The number of carbonyl (C=O) groups is 2. The number of rotatable bonds is 9. The van der Waals surface area contributed by atoms with E-state index < -0.39 is 0 Å². The minimum Gasteiger partial charge on any atom is -0.489 e. The zero-order valence-electron chi connectivity index (χ0n) is 25.4. The Bertz CT molecular complexity index is 1700. The van der Waals surface area contributed by atoms with Gasteiger partial charge in [-0.15, -0.1) is 0 Å². The minimum atomic E-state index is -0.218. The molecule has 45 heavy (non-hydrogen) atoms. The number of halogens is 1. The summed E-state index contributed by atoms with van der Waals surface area (Å²) in [5.74, 6) is 0.559. The van der Waals surface area contributed by atoms with Crippen molar-refractivity contribution in [2.45, 2.75) is 6.61 Å². The Balaban J connectivity index is 1.24. The quantitative estimate of drug-likeness (QED) is 0.221. The van der Waals surface area contributed by atoms with E-state index in [1.807, 2.05) is 84.9 Å². The summed E-state index contributed by atoms with van der Waals surface area (Å²) in [6.45, 7) is 4.56. The standard InChI is InChI=1S/C36H36ClN5O3/c1-40-18-20-42(21-19-40)23-33(43)41(2)29-13-11-28(12-14-29)38-35(34-31-17-10-27(37)22-32(31)39-36(34)44)26-8-15-30(16-9-26)45-24-25-6-4-3-5-7-25/h3-17,22,38H,18-21,23-24H2,1-2H3,(H,39,44). The Hall–Kier alpha value is -4.63. The van der Waals surface area contributed by atoms with E-state index >= 15 is 0 Å². The van der Waals surface area contributed by atoms with Gasteiger partial charge in [-0.25, -0.2) is 0 Å². The highest BCUT2D eigenvalue weighted by Crippen LogP contribution is 2.39. The maximum atomic E-state index is 13.3. The summed E-state index contributed by atoms with van der Waals surface area (Å²) < 4.78 is 6.00. The van der Waals surface area contributed by atoms with E-state index in [0.717, 1.165) is 60.0 Å². The van der Waals surface area contributed by atoms with Gasteiger partial charge in [-0.2, -0.15) is 0 Å². The first-order valence-electron chi connectivity index (χ1n) is 15.0. The normalized spacial score (nSPS) is 16.1. The van der Waals surface area contributed by atoms with E-state index in [4.69, 9.17) is 16.3 Å². The highest BCUT2D eigenvalue weighted by Gasteiger charge is 2.29. The maximum absolute atomic E-state index is 13.3. The van der Waals surface area contributed by atoms with Crippen LogP contribution in [-0.4, -0.2) is 68.4 Å². The topological polar surface area (TPSA) is 77.2 Å². The molecule has 0 atom stereocenters. The second-order valence-electron chi connectivity index (χ2n) is 11.4. The van der Waals surface area contributed by atoms with Gasteiger partial charge >= 0.3 is 0 Å². The van der Waals surface area contributed by atoms with Crippen molar-refractivity contribution in [2.24, 2.45) is 0 Å². The van der Waals surface area contributed by atoms with Gasteiger partial charge in [-0.05, 0) is 78.8 Å². The van der Waals surface area contributed by atoms with Crippen molar-refractivity contribution in [3.8, 4) is 5.75 Å². The first kappa shape index (κ1) is 30.4. The molecule has 9 heteroatoms. The molecule has 2 amide bonds. The molecule has 1 fully saturated rings. The fraction of sp³-hybridized carbons (Fsp3) is 0.222. The Kier molecular flexibility index (Phi) is 9.16. The molecule has 6 rings (SSSR count). The fourth-order valence-electron chi connectivity index (χ4n) is 5.49. The van der Waals surface area contributed by atoms with Gasteiger partial charge in [-0.3, -0.25) is 14.5 Å². The lowest BCUT2D eigenvalue weighted by molar-refractivity contribution is -0.119. The molecular formula is C36H36ClN5O3. The molecule has 0 aromatic heterocycles. The van der Waals surface area contributed by atoms with Crippen LogP contribution in [0.25, 0.3) is 11.3 Å². The number of benzene rings is 4. The molecule has 2 N–H and O–H groups in total. The van der Waals surface area contributed by atoms with Gasteiger partial charge in [0, 0.05) is 55.2 Å². The second-order valence-corrected chi connectivity index (χ2v) is 11.8. The van der Waals surface area contributed by atoms with E-state index in [-0.39, 0.29) is 11.8 Å². The SMILES string of the molecule is CN1CCN(CC(=O)N(C)c2ccc(NC(=C3C(=O)Nc4cc(Cl)ccc43)c3ccc(OCc4ccccc4)cc3)cc2)CC1. The van der Waals surface area contributed by atoms with Gasteiger partial charge < -0.3 is 25.2 Å². The monoisotopic (exact) mass is 621 g/mol. The summed E-state index contributed by atoms with van der Waals surface area (Å²) in [4.78, 5) is 32.5. The lowest BCUT2D eigenvalue weighted by Gasteiger charge is -2.32. The molecule has 0 spiro atoms. The van der Waals surface area contributed by atoms with Crippen LogP contribution in [0.1, 0.15) is 16.7 Å². The first-order valence-corrected chi connectivity index (χ1v) is 15.4. The lowest BCUT2D eigenvalue weighted by atomic mass is 10.00. The molecule has 2 aliphatic rings. The number of nitrogens with zero attached hydrogens (tertiary/aromatic N) is 3. The Morgan fingerprint density at radius 3 is 2.36 bits per heavy atom. The van der Waals surface area contributed by atoms with E-state index in [1.165, 1.54) is 0 Å². The third-order valence-corrected chi connectivity index (χ3v) is 8.46. The van der Waals surface area contributed by atoms with E-state index in [0.29, 0.717) is 35.1 Å². The van der Waals surface area contributed by atoms with Crippen molar-refractivity contribution in [3.63, 3.8) is 0 Å². The van der Waals surface area contributed by atoms with Crippen LogP contribution in [0.2, 0.25) is 5.02 Å². The Morgan fingerprint density at radius 2 is 1.64 bits per heavy atom. The van der Waals surface area contributed by atoms with E-state index in [9.17, 15) is 9.59 Å². The third-order valence-electron chi connectivity index (χ3n) is 8.22. The van der Waals surface area contributed by atoms with Gasteiger partial charge in [0.05, 0.1) is 23.5 Å². The van der Waals surface area contributed by atoms with E-state index in [2.05, 4.69) is 27.5 Å². The average molecular weight is 622 g/mol. The molecule has 0 aliphatic carbocycles. The number of piperazine rings is 1. The molecule has 8 nitrogen and oxygen atoms in total. The molecule has 0 radical (unpaired) electrons. The number of carbonyl (C=O) groups excluding carboxylic acids is 2. The molecule has 2 aliphatic heterocycles. The maximum Gasteiger partial charge on any atom is 0.258 e. The molecule has 4 aromatic carbocycles. The van der Waals surface area contributed by atoms with Crippen molar-refractivity contribution in [2.75, 3.05) is 62.4 Å². The predicted octanol–water partition coefficient (Wildman–Crippen LogP) is 6.06. The fourth-order valence-corrected chi connectivity index (χ4v) is 5.66. The third kappa shape index (κ3) is 7.20. The molecule has 0 unspecified atom stereocenters. The van der Waals surface area contributed by atoms with E-state index in [1.54, 1.807) is 24.1 Å². The van der Waals surface area contributed by atoms with Crippen molar-refractivity contribution >= 4 is 51.7 Å². The van der Waals surface area contributed by atoms with Gasteiger partial charge in [-0.1, -0.05) is 48.0 Å². The minimum absolute atomic E-state index is 0.0514. The van der Waals surface area contributed by atoms with Gasteiger partial charge in [0.25, 0.3) is 5.91 Å². The van der Waals surface area contributed by atoms with Gasteiger partial charge in [0.15, 0.2) is 0 Å². The predicted molar refractivity (Wildman–Crippen MR) is 182 cm³/mol. The zero-order chi connectivity index (χ0) is 31.3. The van der Waals surface area contributed by atoms with Crippen molar-refractivity contribution < 1.29 is 14.3 Å². The summed E-state index contributed by atoms with van der Waals surface area (Å²) in [7, 11) is 3.91. The van der Waals surface area contributed by atoms with Crippen LogP contribution in [-0.2, 0) is 16.2 Å². The summed E-state index contributed by atoms with van der Waals surface area (Å²) in [6, 6.07) is 30.7. The summed E-state index contributed by atoms with van der Waals surface area (Å²) in [5.41, 5.74) is 6.08. The number of nitrogens with one attached hydrogen (secondary N) is 2. The first-order chi connectivity index (χ1) is 21.8. The Labute approximate surface area is 268 Å².